The van der Waals surface area contributed by atoms with E-state index in [4.69, 9.17) is 11.6 Å². The highest BCUT2D eigenvalue weighted by Crippen LogP contribution is 2.36. The SMILES string of the molecule is CC(F)(F)C1(O)CCCN(C(=O)CCl)CC1. The van der Waals surface area contributed by atoms with Gasteiger partial charge in [0.2, 0.25) is 5.91 Å². The Balaban J connectivity index is 2.69. The number of carbonyl (C=O) groups is 1. The van der Waals surface area contributed by atoms with Gasteiger partial charge in [0.05, 0.1) is 0 Å². The molecule has 1 unspecified atom stereocenters. The fourth-order valence-electron chi connectivity index (χ4n) is 1.89. The van der Waals surface area contributed by atoms with Crippen molar-refractivity contribution < 1.29 is 18.7 Å². The van der Waals surface area contributed by atoms with Gasteiger partial charge in [-0.25, -0.2) is 8.78 Å². The van der Waals surface area contributed by atoms with Crippen LogP contribution in [0.25, 0.3) is 0 Å². The molecule has 1 atom stereocenters. The summed E-state index contributed by atoms with van der Waals surface area (Å²) in [5.41, 5.74) is -2.01. The average Bonchev–Trinajstić information content (AvgIpc) is 2.39. The summed E-state index contributed by atoms with van der Waals surface area (Å²) in [5.74, 6) is -3.57. The molecule has 0 aromatic carbocycles. The molecule has 0 spiro atoms. The highest BCUT2D eigenvalue weighted by Gasteiger charge is 2.48. The molecular weight excluding hydrogens is 240 g/mol. The topological polar surface area (TPSA) is 40.5 Å². The van der Waals surface area contributed by atoms with Crippen LogP contribution in [0.3, 0.4) is 0 Å². The zero-order chi connectivity index (χ0) is 12.4. The standard InChI is InChI=1S/C10H16ClF2NO2/c1-9(12,13)10(16)3-2-5-14(6-4-10)8(15)7-11/h16H,2-7H2,1H3. The molecule has 1 aliphatic heterocycles. The summed E-state index contributed by atoms with van der Waals surface area (Å²) in [5, 5.41) is 9.84. The number of rotatable bonds is 2. The van der Waals surface area contributed by atoms with Gasteiger partial charge in [-0.05, 0) is 19.3 Å². The Hall–Kier alpha value is -0.420. The summed E-state index contributed by atoms with van der Waals surface area (Å²) < 4.78 is 26.4. The Kier molecular flexibility index (Phi) is 4.12. The molecule has 3 nitrogen and oxygen atoms in total. The molecular formula is C10H16ClF2NO2. The number of hydrogen-bond acceptors (Lipinski definition) is 2. The van der Waals surface area contributed by atoms with Crippen LogP contribution in [0, 0.1) is 0 Å². The maximum atomic E-state index is 13.2. The summed E-state index contributed by atoms with van der Waals surface area (Å²) in [6, 6.07) is 0. The van der Waals surface area contributed by atoms with Gasteiger partial charge >= 0.3 is 0 Å². The van der Waals surface area contributed by atoms with Crippen LogP contribution in [-0.2, 0) is 4.79 Å². The van der Waals surface area contributed by atoms with Crippen molar-refractivity contribution in [1.29, 1.82) is 0 Å². The van der Waals surface area contributed by atoms with E-state index in [0.29, 0.717) is 19.9 Å². The lowest BCUT2D eigenvalue weighted by atomic mass is 9.89. The monoisotopic (exact) mass is 255 g/mol. The number of carbonyl (C=O) groups excluding carboxylic acids is 1. The van der Waals surface area contributed by atoms with E-state index in [2.05, 4.69) is 0 Å². The summed E-state index contributed by atoms with van der Waals surface area (Å²) in [7, 11) is 0. The highest BCUT2D eigenvalue weighted by molar-refractivity contribution is 6.27. The summed E-state index contributed by atoms with van der Waals surface area (Å²) >= 11 is 5.40. The van der Waals surface area contributed by atoms with E-state index in [1.54, 1.807) is 0 Å². The Morgan fingerprint density at radius 3 is 2.62 bits per heavy atom. The molecule has 94 valence electrons. The molecule has 1 fully saturated rings. The van der Waals surface area contributed by atoms with Crippen molar-refractivity contribution in [1.82, 2.24) is 4.90 Å². The zero-order valence-corrected chi connectivity index (χ0v) is 9.94. The largest absolute Gasteiger partial charge is 0.384 e. The van der Waals surface area contributed by atoms with E-state index in [1.165, 1.54) is 4.90 Å². The van der Waals surface area contributed by atoms with E-state index in [0.717, 1.165) is 0 Å². The summed E-state index contributed by atoms with van der Waals surface area (Å²) in [6.07, 6.45) is 0.254. The molecule has 16 heavy (non-hydrogen) atoms. The quantitative estimate of drug-likeness (QED) is 0.762. The van der Waals surface area contributed by atoms with Gasteiger partial charge in [0.25, 0.3) is 5.92 Å². The molecule has 1 saturated heterocycles. The van der Waals surface area contributed by atoms with Crippen molar-refractivity contribution in [3.05, 3.63) is 0 Å². The summed E-state index contributed by atoms with van der Waals surface area (Å²) in [4.78, 5) is 12.7. The van der Waals surface area contributed by atoms with Crippen molar-refractivity contribution >= 4 is 17.5 Å². The second-order valence-electron chi connectivity index (χ2n) is 4.29. The van der Waals surface area contributed by atoms with Crippen molar-refractivity contribution in [2.75, 3.05) is 19.0 Å². The van der Waals surface area contributed by atoms with E-state index in [-0.39, 0.29) is 31.2 Å². The van der Waals surface area contributed by atoms with Crippen LogP contribution >= 0.6 is 11.6 Å². The maximum Gasteiger partial charge on any atom is 0.273 e. The van der Waals surface area contributed by atoms with Gasteiger partial charge in [-0.1, -0.05) is 0 Å². The second-order valence-corrected chi connectivity index (χ2v) is 4.56. The van der Waals surface area contributed by atoms with Crippen molar-refractivity contribution in [2.24, 2.45) is 0 Å². The van der Waals surface area contributed by atoms with Gasteiger partial charge in [-0.15, -0.1) is 11.6 Å². The Morgan fingerprint density at radius 2 is 2.12 bits per heavy atom. The lowest BCUT2D eigenvalue weighted by molar-refractivity contribution is -0.175. The molecule has 0 bridgehead atoms. The van der Waals surface area contributed by atoms with Crippen LogP contribution in [-0.4, -0.2) is 46.4 Å². The normalized spacial score (nSPS) is 27.7. The fraction of sp³-hybridized carbons (Fsp3) is 0.900. The van der Waals surface area contributed by atoms with Crippen LogP contribution in [0.5, 0.6) is 0 Å². The Labute approximate surface area is 98.4 Å². The van der Waals surface area contributed by atoms with Gasteiger partial charge < -0.3 is 10.0 Å². The highest BCUT2D eigenvalue weighted by atomic mass is 35.5. The predicted octanol–water partition coefficient (Wildman–Crippen LogP) is 1.62. The van der Waals surface area contributed by atoms with Crippen LogP contribution < -0.4 is 0 Å². The molecule has 6 heteroatoms. The van der Waals surface area contributed by atoms with E-state index in [1.807, 2.05) is 0 Å². The lowest BCUT2D eigenvalue weighted by Gasteiger charge is -2.32. The average molecular weight is 256 g/mol. The molecule has 1 heterocycles. The van der Waals surface area contributed by atoms with Crippen molar-refractivity contribution in [3.63, 3.8) is 0 Å². The predicted molar refractivity (Wildman–Crippen MR) is 56.7 cm³/mol. The molecule has 0 saturated carbocycles. The minimum atomic E-state index is -3.15. The number of nitrogens with zero attached hydrogens (tertiary/aromatic N) is 1. The van der Waals surface area contributed by atoms with Crippen LogP contribution in [0.1, 0.15) is 26.2 Å². The second kappa shape index (κ2) is 4.84. The molecule has 1 aliphatic rings. The van der Waals surface area contributed by atoms with Crippen LogP contribution in [0.2, 0.25) is 0 Å². The Morgan fingerprint density at radius 1 is 1.50 bits per heavy atom. The smallest absolute Gasteiger partial charge is 0.273 e. The molecule has 1 rings (SSSR count). The van der Waals surface area contributed by atoms with Gasteiger partial charge in [0.15, 0.2) is 0 Å². The third-order valence-electron chi connectivity index (χ3n) is 3.10. The molecule has 1 N–H and O–H groups in total. The third kappa shape index (κ3) is 2.83. The zero-order valence-electron chi connectivity index (χ0n) is 9.18. The summed E-state index contributed by atoms with van der Waals surface area (Å²) in [6.45, 7) is 1.22. The molecule has 0 radical (unpaired) electrons. The van der Waals surface area contributed by atoms with Gasteiger partial charge in [0.1, 0.15) is 11.5 Å². The van der Waals surface area contributed by atoms with Crippen LogP contribution in [0.15, 0.2) is 0 Å². The minimum absolute atomic E-state index is 0.00255. The van der Waals surface area contributed by atoms with Crippen molar-refractivity contribution in [3.8, 4) is 0 Å². The van der Waals surface area contributed by atoms with Gasteiger partial charge in [0, 0.05) is 20.0 Å². The number of aliphatic hydroxyl groups is 1. The number of hydrogen-bond donors (Lipinski definition) is 1. The number of alkyl halides is 3. The Bertz CT molecular complexity index is 270. The number of likely N-dealkylation sites (tertiary alicyclic amines) is 1. The first-order valence-electron chi connectivity index (χ1n) is 5.24. The first-order chi connectivity index (χ1) is 7.30. The van der Waals surface area contributed by atoms with Gasteiger partial charge in [-0.2, -0.15) is 0 Å². The van der Waals surface area contributed by atoms with E-state index < -0.39 is 11.5 Å². The minimum Gasteiger partial charge on any atom is -0.384 e. The number of halogens is 3. The fourth-order valence-corrected chi connectivity index (χ4v) is 2.06. The van der Waals surface area contributed by atoms with E-state index in [9.17, 15) is 18.7 Å². The molecule has 1 amide bonds. The lowest BCUT2D eigenvalue weighted by Crippen LogP contribution is -2.46. The first-order valence-corrected chi connectivity index (χ1v) is 5.77. The van der Waals surface area contributed by atoms with Crippen LogP contribution in [0.4, 0.5) is 8.78 Å². The molecule has 0 aromatic rings. The third-order valence-corrected chi connectivity index (χ3v) is 3.33. The first kappa shape index (κ1) is 13.6. The van der Waals surface area contributed by atoms with Crippen molar-refractivity contribution in [2.45, 2.75) is 37.7 Å². The number of amides is 1. The van der Waals surface area contributed by atoms with E-state index >= 15 is 0 Å². The molecule has 0 aliphatic carbocycles. The van der Waals surface area contributed by atoms with Gasteiger partial charge in [-0.3, -0.25) is 4.79 Å². The maximum absolute atomic E-state index is 13.2. The molecule has 0 aromatic heterocycles.